The van der Waals surface area contributed by atoms with E-state index < -0.39 is 29.4 Å². The summed E-state index contributed by atoms with van der Waals surface area (Å²) in [5.41, 5.74) is -2.38. The molecule has 1 rings (SSSR count). The fourth-order valence-electron chi connectivity index (χ4n) is 1.24. The summed E-state index contributed by atoms with van der Waals surface area (Å²) in [4.78, 5) is 10.5. The molecule has 1 atom stereocenters. The topological polar surface area (TPSA) is 81.3 Å². The van der Waals surface area contributed by atoms with Crippen LogP contribution in [-0.2, 0) is 11.0 Å². The maximum atomic E-state index is 12.6. The lowest BCUT2D eigenvalue weighted by Gasteiger charge is -2.15. The molecular formula is C10H6F3NO3. The molecule has 17 heavy (non-hydrogen) atoms. The summed E-state index contributed by atoms with van der Waals surface area (Å²) < 4.78 is 37.7. The summed E-state index contributed by atoms with van der Waals surface area (Å²) in [6, 6.07) is 3.80. The van der Waals surface area contributed by atoms with Gasteiger partial charge in [0.05, 0.1) is 17.2 Å². The number of aliphatic carboxylic acids is 1. The lowest BCUT2D eigenvalue weighted by Crippen LogP contribution is -2.17. The molecule has 0 aliphatic heterocycles. The summed E-state index contributed by atoms with van der Waals surface area (Å²) in [6.07, 6.45) is -7.11. The molecule has 0 aliphatic rings. The number of carboxylic acids is 1. The van der Waals surface area contributed by atoms with Crippen LogP contribution in [0.2, 0.25) is 0 Å². The van der Waals surface area contributed by atoms with Crippen LogP contribution in [-0.4, -0.2) is 16.2 Å². The number of benzene rings is 1. The number of nitrogens with zero attached hydrogens (tertiary/aromatic N) is 1. The minimum absolute atomic E-state index is 0.265. The Balaban J connectivity index is 3.41. The van der Waals surface area contributed by atoms with E-state index in [4.69, 9.17) is 15.5 Å². The van der Waals surface area contributed by atoms with Crippen LogP contribution in [0.3, 0.4) is 0 Å². The van der Waals surface area contributed by atoms with Crippen LogP contribution in [0.1, 0.15) is 22.8 Å². The van der Waals surface area contributed by atoms with Crippen LogP contribution < -0.4 is 0 Å². The van der Waals surface area contributed by atoms with Crippen molar-refractivity contribution in [3.05, 3.63) is 34.9 Å². The number of carbonyl (C=O) groups is 1. The molecule has 0 radical (unpaired) electrons. The molecule has 90 valence electrons. The molecule has 0 fully saturated rings. The maximum Gasteiger partial charge on any atom is 0.416 e. The van der Waals surface area contributed by atoms with E-state index in [0.29, 0.717) is 6.07 Å². The normalized spacial score (nSPS) is 12.9. The highest BCUT2D eigenvalue weighted by Crippen LogP contribution is 2.35. The van der Waals surface area contributed by atoms with Gasteiger partial charge < -0.3 is 10.2 Å². The van der Waals surface area contributed by atoms with E-state index in [1.54, 1.807) is 0 Å². The molecule has 1 aromatic rings. The van der Waals surface area contributed by atoms with Crippen molar-refractivity contribution in [1.29, 1.82) is 5.26 Å². The number of rotatable bonds is 2. The SMILES string of the molecule is N#Cc1ccc(C(O)C(=O)O)c(C(F)(F)F)c1. The van der Waals surface area contributed by atoms with Gasteiger partial charge in [-0.15, -0.1) is 0 Å². The third-order valence-corrected chi connectivity index (χ3v) is 2.02. The van der Waals surface area contributed by atoms with E-state index in [0.717, 1.165) is 12.1 Å². The third kappa shape index (κ3) is 2.73. The predicted octanol–water partition coefficient (Wildman–Crippen LogP) is 1.70. The van der Waals surface area contributed by atoms with Gasteiger partial charge in [-0.25, -0.2) is 4.79 Å². The minimum atomic E-state index is -4.83. The summed E-state index contributed by atoms with van der Waals surface area (Å²) in [5.74, 6) is -1.79. The lowest BCUT2D eigenvalue weighted by atomic mass is 9.99. The predicted molar refractivity (Wildman–Crippen MR) is 48.8 cm³/mol. The molecular weight excluding hydrogens is 239 g/mol. The van der Waals surface area contributed by atoms with Gasteiger partial charge in [-0.05, 0) is 12.1 Å². The highest BCUT2D eigenvalue weighted by Gasteiger charge is 2.36. The Morgan fingerprint density at radius 2 is 2.00 bits per heavy atom. The zero-order valence-electron chi connectivity index (χ0n) is 8.19. The van der Waals surface area contributed by atoms with Gasteiger partial charge >= 0.3 is 12.1 Å². The Bertz CT molecular complexity index is 491. The Labute approximate surface area is 93.5 Å². The first-order valence-corrected chi connectivity index (χ1v) is 4.29. The van der Waals surface area contributed by atoms with Gasteiger partial charge in [0.2, 0.25) is 0 Å². The van der Waals surface area contributed by atoms with E-state index in [1.807, 2.05) is 0 Å². The zero-order chi connectivity index (χ0) is 13.2. The number of nitriles is 1. The van der Waals surface area contributed by atoms with Gasteiger partial charge in [-0.1, -0.05) is 6.07 Å². The highest BCUT2D eigenvalue weighted by molar-refractivity contribution is 5.74. The molecule has 0 saturated heterocycles. The van der Waals surface area contributed by atoms with Crippen molar-refractivity contribution in [2.75, 3.05) is 0 Å². The van der Waals surface area contributed by atoms with Crippen LogP contribution in [0.15, 0.2) is 18.2 Å². The lowest BCUT2D eigenvalue weighted by molar-refractivity contribution is -0.149. The number of hydrogen-bond acceptors (Lipinski definition) is 3. The molecule has 1 aromatic carbocycles. The Morgan fingerprint density at radius 1 is 1.41 bits per heavy atom. The number of halogens is 3. The summed E-state index contributed by atoms with van der Waals surface area (Å²) in [5, 5.41) is 26.1. The number of aliphatic hydroxyl groups is 1. The van der Waals surface area contributed by atoms with E-state index >= 15 is 0 Å². The van der Waals surface area contributed by atoms with Gasteiger partial charge in [0.25, 0.3) is 0 Å². The van der Waals surface area contributed by atoms with Crippen molar-refractivity contribution >= 4 is 5.97 Å². The molecule has 2 N–H and O–H groups in total. The second-order valence-electron chi connectivity index (χ2n) is 3.15. The average molecular weight is 245 g/mol. The van der Waals surface area contributed by atoms with Gasteiger partial charge in [0.1, 0.15) is 0 Å². The van der Waals surface area contributed by atoms with Crippen LogP contribution >= 0.6 is 0 Å². The quantitative estimate of drug-likeness (QED) is 0.830. The van der Waals surface area contributed by atoms with Crippen molar-refractivity contribution in [3.8, 4) is 6.07 Å². The van der Waals surface area contributed by atoms with Crippen molar-refractivity contribution in [1.82, 2.24) is 0 Å². The molecule has 0 saturated carbocycles. The number of aliphatic hydroxyl groups excluding tert-OH is 1. The van der Waals surface area contributed by atoms with Crippen molar-refractivity contribution in [2.24, 2.45) is 0 Å². The molecule has 0 spiro atoms. The Morgan fingerprint density at radius 3 is 2.41 bits per heavy atom. The number of hydrogen-bond donors (Lipinski definition) is 2. The zero-order valence-corrected chi connectivity index (χ0v) is 8.19. The summed E-state index contributed by atoms with van der Waals surface area (Å²) >= 11 is 0. The van der Waals surface area contributed by atoms with E-state index in [1.165, 1.54) is 6.07 Å². The fraction of sp³-hybridized carbons (Fsp3) is 0.200. The summed E-state index contributed by atoms with van der Waals surface area (Å²) in [6.45, 7) is 0. The fourth-order valence-corrected chi connectivity index (χ4v) is 1.24. The second kappa shape index (κ2) is 4.43. The monoisotopic (exact) mass is 245 g/mol. The highest BCUT2D eigenvalue weighted by atomic mass is 19.4. The van der Waals surface area contributed by atoms with E-state index in [-0.39, 0.29) is 5.56 Å². The number of carboxylic acid groups (broad SMARTS) is 1. The van der Waals surface area contributed by atoms with Crippen LogP contribution in [0.25, 0.3) is 0 Å². The molecule has 0 aromatic heterocycles. The molecule has 7 heteroatoms. The van der Waals surface area contributed by atoms with Crippen LogP contribution in [0.5, 0.6) is 0 Å². The molecule has 1 unspecified atom stereocenters. The Hall–Kier alpha value is -2.07. The van der Waals surface area contributed by atoms with E-state index in [2.05, 4.69) is 0 Å². The molecule has 0 amide bonds. The van der Waals surface area contributed by atoms with E-state index in [9.17, 15) is 18.0 Å². The van der Waals surface area contributed by atoms with Gasteiger partial charge in [0, 0.05) is 5.56 Å². The van der Waals surface area contributed by atoms with Gasteiger partial charge in [-0.3, -0.25) is 0 Å². The summed E-state index contributed by atoms with van der Waals surface area (Å²) in [7, 11) is 0. The van der Waals surface area contributed by atoms with Crippen LogP contribution in [0, 0.1) is 11.3 Å². The molecule has 0 heterocycles. The standard InChI is InChI=1S/C10H6F3NO3/c11-10(12,13)7-3-5(4-14)1-2-6(7)8(15)9(16)17/h1-3,8,15H,(H,16,17). The average Bonchev–Trinajstić information content (AvgIpc) is 2.26. The van der Waals surface area contributed by atoms with Crippen molar-refractivity contribution in [3.63, 3.8) is 0 Å². The number of alkyl halides is 3. The second-order valence-corrected chi connectivity index (χ2v) is 3.15. The smallest absolute Gasteiger partial charge is 0.416 e. The third-order valence-electron chi connectivity index (χ3n) is 2.02. The minimum Gasteiger partial charge on any atom is -0.479 e. The molecule has 0 aliphatic carbocycles. The maximum absolute atomic E-state index is 12.6. The van der Waals surface area contributed by atoms with Gasteiger partial charge in [-0.2, -0.15) is 18.4 Å². The first-order chi connectivity index (χ1) is 7.77. The molecule has 4 nitrogen and oxygen atoms in total. The molecule has 0 bridgehead atoms. The first-order valence-electron chi connectivity index (χ1n) is 4.29. The van der Waals surface area contributed by atoms with Gasteiger partial charge in [0.15, 0.2) is 6.10 Å². The first kappa shape index (κ1) is 13.0. The van der Waals surface area contributed by atoms with Crippen LogP contribution in [0.4, 0.5) is 13.2 Å². The van der Waals surface area contributed by atoms with Crippen molar-refractivity contribution in [2.45, 2.75) is 12.3 Å². The van der Waals surface area contributed by atoms with Crippen molar-refractivity contribution < 1.29 is 28.2 Å². The largest absolute Gasteiger partial charge is 0.479 e. The Kier molecular flexibility index (Phi) is 3.39.